The Bertz CT molecular complexity index is 1370. The Morgan fingerprint density at radius 2 is 1.60 bits per heavy atom. The Morgan fingerprint density at radius 1 is 1.04 bits per heavy atom. The van der Waals surface area contributed by atoms with Crippen molar-refractivity contribution >= 4 is 39.6 Å². The van der Waals surface area contributed by atoms with E-state index < -0.39 is 39.9 Å². The normalized spacial score (nSPS) is 17.5. The minimum atomic E-state index is -4.10. The maximum Gasteiger partial charge on any atom is 0.414 e. The van der Waals surface area contributed by atoms with Gasteiger partial charge in [0.05, 0.1) is 0 Å². The van der Waals surface area contributed by atoms with Crippen LogP contribution in [-0.4, -0.2) is 68.0 Å². The van der Waals surface area contributed by atoms with Crippen LogP contribution in [0.15, 0.2) is 22.5 Å². The molecule has 45 heavy (non-hydrogen) atoms. The number of hydrogen-bond acceptors (Lipinski definition) is 6. The third-order valence-corrected chi connectivity index (χ3v) is 9.67. The molecular formula is C32H47F3N4O5S. The number of alkyl halides is 3. The molecule has 0 aromatic heterocycles. The number of ether oxygens (including phenoxy) is 1. The zero-order valence-electron chi connectivity index (χ0n) is 27.2. The number of nitrogens with one attached hydrogen (secondary N) is 1. The van der Waals surface area contributed by atoms with Gasteiger partial charge in [0, 0.05) is 44.1 Å². The molecular weight excluding hydrogens is 609 g/mol. The van der Waals surface area contributed by atoms with Crippen molar-refractivity contribution < 1.29 is 35.9 Å². The number of carbonyl (C=O) groups excluding carboxylic acids is 2. The Balaban J connectivity index is 1.53. The largest absolute Gasteiger partial charge is 0.443 e. The van der Waals surface area contributed by atoms with Gasteiger partial charge < -0.3 is 10.1 Å². The highest BCUT2D eigenvalue weighted by atomic mass is 32.2. The smallest absolute Gasteiger partial charge is 0.414 e. The molecule has 9 nitrogen and oxygen atoms in total. The van der Waals surface area contributed by atoms with Gasteiger partial charge in [0.25, 0.3) is 5.91 Å². The summed E-state index contributed by atoms with van der Waals surface area (Å²) in [5.74, 6) is 0.389. The number of carbonyl (C=O) groups is 2. The Labute approximate surface area is 265 Å². The molecule has 1 fully saturated rings. The summed E-state index contributed by atoms with van der Waals surface area (Å²) in [4.78, 5) is 31.4. The number of anilines is 1. The molecule has 1 spiro atoms. The van der Waals surface area contributed by atoms with E-state index in [1.54, 1.807) is 46.0 Å². The van der Waals surface area contributed by atoms with Crippen molar-refractivity contribution in [3.05, 3.63) is 34.2 Å². The first-order valence-electron chi connectivity index (χ1n) is 15.6. The highest BCUT2D eigenvalue weighted by molar-refractivity contribution is 7.92. The number of sulfonamides is 1. The van der Waals surface area contributed by atoms with Crippen LogP contribution in [0.1, 0.15) is 102 Å². The SMILES string of the molecule is Cc1cc(N(C)C(=O)OC(C)(C)C)cc(C)c1C=CS(=O)(=O)N1CCC2(CC1)N=C(CCCCCCCCC(F)(F)F)NC2=O. The minimum Gasteiger partial charge on any atom is -0.443 e. The summed E-state index contributed by atoms with van der Waals surface area (Å²) in [6, 6.07) is 3.61. The van der Waals surface area contributed by atoms with Gasteiger partial charge in [0.2, 0.25) is 10.0 Å². The number of hydrogen-bond donors (Lipinski definition) is 1. The average Bonchev–Trinajstić information content (AvgIpc) is 3.21. The number of aryl methyl sites for hydroxylation is 2. The van der Waals surface area contributed by atoms with Gasteiger partial charge in [0.1, 0.15) is 17.0 Å². The van der Waals surface area contributed by atoms with E-state index in [-0.39, 0.29) is 38.3 Å². The molecule has 0 saturated carbocycles. The van der Waals surface area contributed by atoms with Crippen molar-refractivity contribution in [2.45, 2.75) is 116 Å². The zero-order valence-corrected chi connectivity index (χ0v) is 28.0. The van der Waals surface area contributed by atoms with E-state index in [4.69, 9.17) is 4.74 Å². The number of aliphatic imine (C=N–C) groups is 1. The van der Waals surface area contributed by atoms with Gasteiger partial charge in [-0.25, -0.2) is 13.2 Å². The van der Waals surface area contributed by atoms with Crippen molar-refractivity contribution in [1.82, 2.24) is 9.62 Å². The molecule has 2 amide bonds. The lowest BCUT2D eigenvalue weighted by Gasteiger charge is -2.34. The molecule has 1 N–H and O–H groups in total. The minimum absolute atomic E-state index is 0.152. The summed E-state index contributed by atoms with van der Waals surface area (Å²) in [7, 11) is -2.14. The first-order chi connectivity index (χ1) is 20.8. The first-order valence-corrected chi connectivity index (χ1v) is 17.1. The molecule has 3 rings (SSSR count). The van der Waals surface area contributed by atoms with Crippen molar-refractivity contribution in [3.63, 3.8) is 0 Å². The molecule has 0 aliphatic carbocycles. The lowest BCUT2D eigenvalue weighted by molar-refractivity contribution is -0.135. The number of nitrogens with zero attached hydrogens (tertiary/aromatic N) is 3. The van der Waals surface area contributed by atoms with Crippen molar-refractivity contribution in [3.8, 4) is 0 Å². The van der Waals surface area contributed by atoms with Crippen LogP contribution in [0.25, 0.3) is 6.08 Å². The zero-order chi connectivity index (χ0) is 33.6. The van der Waals surface area contributed by atoms with Crippen molar-refractivity contribution in [1.29, 1.82) is 0 Å². The molecule has 2 heterocycles. The number of rotatable bonds is 12. The van der Waals surface area contributed by atoms with Crippen LogP contribution in [0.2, 0.25) is 0 Å². The molecule has 2 aliphatic heterocycles. The Kier molecular flexibility index (Phi) is 11.9. The van der Waals surface area contributed by atoms with Gasteiger partial charge in [-0.3, -0.25) is 14.7 Å². The standard InChI is InChI=1S/C32H47F3N4O5S/c1-23-21-25(38(6)29(41)44-30(3,4)5)22-24(2)26(23)14-20-45(42,43)39-18-16-31(17-19-39)28(40)36-27(37-31)13-11-9-7-8-10-12-15-32(33,34)35/h14,20-22H,7-13,15-19H2,1-6H3,(H,36,37,40). The van der Waals surface area contributed by atoms with Gasteiger partial charge >= 0.3 is 12.3 Å². The maximum atomic E-state index is 13.2. The summed E-state index contributed by atoms with van der Waals surface area (Å²) in [6.07, 6.45) is 1.26. The van der Waals surface area contributed by atoms with Gasteiger partial charge in [0.15, 0.2) is 0 Å². The van der Waals surface area contributed by atoms with Crippen LogP contribution in [0, 0.1) is 13.8 Å². The number of amidine groups is 1. The second-order valence-electron chi connectivity index (χ2n) is 13.1. The van der Waals surface area contributed by atoms with E-state index >= 15 is 0 Å². The van der Waals surface area contributed by atoms with Crippen LogP contribution >= 0.6 is 0 Å². The van der Waals surface area contributed by atoms with Gasteiger partial charge in [-0.2, -0.15) is 17.5 Å². The number of halogens is 3. The number of piperidine rings is 1. The van der Waals surface area contributed by atoms with Crippen molar-refractivity contribution in [2.75, 3.05) is 25.0 Å². The summed E-state index contributed by atoms with van der Waals surface area (Å²) in [6.45, 7) is 9.40. The predicted octanol–water partition coefficient (Wildman–Crippen LogP) is 7.02. The van der Waals surface area contributed by atoms with Crippen LogP contribution < -0.4 is 10.2 Å². The second kappa shape index (κ2) is 14.7. The van der Waals surface area contributed by atoms with E-state index in [0.717, 1.165) is 42.4 Å². The molecule has 1 saturated heterocycles. The summed E-state index contributed by atoms with van der Waals surface area (Å²) < 4.78 is 70.0. The van der Waals surface area contributed by atoms with Gasteiger partial charge in [-0.15, -0.1) is 0 Å². The summed E-state index contributed by atoms with van der Waals surface area (Å²) >= 11 is 0. The Hall–Kier alpha value is -2.93. The molecule has 1 aromatic carbocycles. The molecule has 1 aromatic rings. The maximum absolute atomic E-state index is 13.2. The molecule has 0 atom stereocenters. The van der Waals surface area contributed by atoms with E-state index in [0.29, 0.717) is 24.4 Å². The number of unbranched alkanes of at least 4 members (excludes halogenated alkanes) is 5. The average molecular weight is 657 g/mol. The van der Waals surface area contributed by atoms with Crippen molar-refractivity contribution in [2.24, 2.45) is 4.99 Å². The lowest BCUT2D eigenvalue weighted by Crippen LogP contribution is -2.50. The molecule has 0 radical (unpaired) electrons. The lowest BCUT2D eigenvalue weighted by atomic mass is 9.89. The van der Waals surface area contributed by atoms with E-state index in [2.05, 4.69) is 10.3 Å². The molecule has 0 bridgehead atoms. The van der Waals surface area contributed by atoms with E-state index in [9.17, 15) is 31.2 Å². The third kappa shape index (κ3) is 10.6. The third-order valence-electron chi connectivity index (χ3n) is 8.10. The summed E-state index contributed by atoms with van der Waals surface area (Å²) in [5.41, 5.74) is 1.37. The fourth-order valence-corrected chi connectivity index (χ4v) is 6.73. The topological polar surface area (TPSA) is 108 Å². The van der Waals surface area contributed by atoms with Crippen LogP contribution in [0.4, 0.5) is 23.7 Å². The van der Waals surface area contributed by atoms with Crippen LogP contribution in [-0.2, 0) is 19.6 Å². The molecule has 0 unspecified atom stereocenters. The molecule has 252 valence electrons. The fraction of sp³-hybridized carbons (Fsp3) is 0.656. The quantitative estimate of drug-likeness (QED) is 0.243. The molecule has 13 heteroatoms. The Morgan fingerprint density at radius 3 is 2.16 bits per heavy atom. The predicted molar refractivity (Wildman–Crippen MR) is 171 cm³/mol. The van der Waals surface area contributed by atoms with Crippen LogP contribution in [0.3, 0.4) is 0 Å². The highest BCUT2D eigenvalue weighted by Gasteiger charge is 2.46. The van der Waals surface area contributed by atoms with E-state index in [1.165, 1.54) is 14.6 Å². The van der Waals surface area contributed by atoms with Gasteiger partial charge in [-0.1, -0.05) is 25.7 Å². The number of amides is 2. The van der Waals surface area contributed by atoms with Gasteiger partial charge in [-0.05, 0) is 95.2 Å². The fourth-order valence-electron chi connectivity index (χ4n) is 5.56. The highest BCUT2D eigenvalue weighted by Crippen LogP contribution is 2.33. The summed E-state index contributed by atoms with van der Waals surface area (Å²) in [5, 5.41) is 4.04. The number of benzene rings is 1. The second-order valence-corrected chi connectivity index (χ2v) is 14.9. The van der Waals surface area contributed by atoms with E-state index in [1.807, 2.05) is 13.8 Å². The first kappa shape index (κ1) is 36.5. The molecule has 2 aliphatic rings. The monoisotopic (exact) mass is 656 g/mol. The van der Waals surface area contributed by atoms with Crippen LogP contribution in [0.5, 0.6) is 0 Å².